The molecule has 1 unspecified atom stereocenters. The lowest BCUT2D eigenvalue weighted by molar-refractivity contribution is -0.137. The Hall–Kier alpha value is -2.41. The Balaban J connectivity index is 2.22. The van der Waals surface area contributed by atoms with Crippen LogP contribution in [-0.4, -0.2) is 19.5 Å². The first kappa shape index (κ1) is 14.5. The molecule has 1 heterocycles. The Morgan fingerprint density at radius 2 is 1.86 bits per heavy atom. The summed E-state index contributed by atoms with van der Waals surface area (Å²) in [6.07, 6.45) is -0.440. The third-order valence-corrected chi connectivity index (χ3v) is 5.44. The van der Waals surface area contributed by atoms with Gasteiger partial charge in [0, 0.05) is 0 Å². The maximum atomic E-state index is 13.5. The zero-order chi connectivity index (χ0) is 15.9. The van der Waals surface area contributed by atoms with Crippen molar-refractivity contribution >= 4 is 21.7 Å². The number of carbonyl (C=O) groups is 1. The Morgan fingerprint density at radius 1 is 1.18 bits per heavy atom. The first-order valence-corrected chi connectivity index (χ1v) is 7.96. The summed E-state index contributed by atoms with van der Waals surface area (Å²) in [4.78, 5) is 11.1. The highest BCUT2D eigenvalue weighted by atomic mass is 32.2. The van der Waals surface area contributed by atoms with Gasteiger partial charge in [-0.25, -0.2) is 12.8 Å². The van der Waals surface area contributed by atoms with Crippen LogP contribution in [0.3, 0.4) is 0 Å². The third-order valence-electron chi connectivity index (χ3n) is 3.53. The van der Waals surface area contributed by atoms with Crippen LogP contribution in [0.5, 0.6) is 0 Å². The van der Waals surface area contributed by atoms with Gasteiger partial charge in [0.25, 0.3) is 10.0 Å². The molecule has 114 valence electrons. The molecule has 1 N–H and O–H groups in total. The van der Waals surface area contributed by atoms with E-state index in [4.69, 9.17) is 5.11 Å². The first-order chi connectivity index (χ1) is 10.4. The van der Waals surface area contributed by atoms with Crippen molar-refractivity contribution in [3.63, 3.8) is 0 Å². The molecule has 0 saturated carbocycles. The Morgan fingerprint density at radius 3 is 2.50 bits per heavy atom. The van der Waals surface area contributed by atoms with Crippen molar-refractivity contribution in [1.29, 1.82) is 0 Å². The van der Waals surface area contributed by atoms with E-state index in [1.165, 1.54) is 6.07 Å². The number of aliphatic carboxylic acids is 1. The summed E-state index contributed by atoms with van der Waals surface area (Å²) in [6.45, 7) is 0. The number of sulfonamides is 1. The van der Waals surface area contributed by atoms with Gasteiger partial charge in [0.05, 0.1) is 23.0 Å². The highest BCUT2D eigenvalue weighted by Gasteiger charge is 2.43. The molecule has 0 spiro atoms. The van der Waals surface area contributed by atoms with E-state index in [9.17, 15) is 17.6 Å². The van der Waals surface area contributed by atoms with Gasteiger partial charge in [-0.15, -0.1) is 0 Å². The molecule has 2 aromatic carbocycles. The summed E-state index contributed by atoms with van der Waals surface area (Å²) < 4.78 is 39.9. The number of fused-ring (bicyclic) bond motifs is 1. The molecule has 5 nitrogen and oxygen atoms in total. The molecule has 0 aromatic heterocycles. The molecule has 22 heavy (non-hydrogen) atoms. The minimum absolute atomic E-state index is 0.0518. The predicted molar refractivity (Wildman–Crippen MR) is 77.5 cm³/mol. The highest BCUT2D eigenvalue weighted by Crippen LogP contribution is 2.44. The SMILES string of the molecule is O=C(O)CC1c2cc(F)ccc2S(=O)(=O)N1c1ccccc1. The van der Waals surface area contributed by atoms with Crippen LogP contribution in [0.2, 0.25) is 0 Å². The van der Waals surface area contributed by atoms with Gasteiger partial charge in [0.15, 0.2) is 0 Å². The molecule has 7 heteroatoms. The summed E-state index contributed by atoms with van der Waals surface area (Å²) in [5, 5.41) is 9.09. The van der Waals surface area contributed by atoms with Gasteiger partial charge < -0.3 is 5.11 Å². The molecule has 0 bridgehead atoms. The minimum atomic E-state index is -3.91. The standard InChI is InChI=1S/C15H12FNO4S/c16-10-6-7-14-12(8-10)13(9-15(18)19)17(22(14,20)21)11-4-2-1-3-5-11/h1-8,13H,9H2,(H,18,19). The van der Waals surface area contributed by atoms with Crippen LogP contribution in [0, 0.1) is 5.82 Å². The molecule has 1 aliphatic heterocycles. The van der Waals surface area contributed by atoms with E-state index in [0.29, 0.717) is 5.69 Å². The van der Waals surface area contributed by atoms with E-state index in [1.54, 1.807) is 30.3 Å². The van der Waals surface area contributed by atoms with E-state index < -0.39 is 34.3 Å². The monoisotopic (exact) mass is 321 g/mol. The number of carboxylic acids is 1. The number of benzene rings is 2. The number of hydrogen-bond donors (Lipinski definition) is 1. The van der Waals surface area contributed by atoms with Crippen molar-refractivity contribution in [2.75, 3.05) is 4.31 Å². The fourth-order valence-electron chi connectivity index (χ4n) is 2.67. The van der Waals surface area contributed by atoms with Crippen molar-refractivity contribution in [3.8, 4) is 0 Å². The fraction of sp³-hybridized carbons (Fsp3) is 0.133. The van der Waals surface area contributed by atoms with Crippen LogP contribution in [0.15, 0.2) is 53.4 Å². The van der Waals surface area contributed by atoms with Gasteiger partial charge in [0.2, 0.25) is 0 Å². The van der Waals surface area contributed by atoms with E-state index in [1.807, 2.05) is 0 Å². The quantitative estimate of drug-likeness (QED) is 0.943. The summed E-state index contributed by atoms with van der Waals surface area (Å²) in [7, 11) is -3.91. The van der Waals surface area contributed by atoms with Crippen LogP contribution < -0.4 is 4.31 Å². The molecule has 0 saturated heterocycles. The summed E-state index contributed by atoms with van der Waals surface area (Å²) in [6, 6.07) is 10.6. The summed E-state index contributed by atoms with van der Waals surface area (Å²) in [5.41, 5.74) is 0.525. The van der Waals surface area contributed by atoms with Crippen LogP contribution in [-0.2, 0) is 14.8 Å². The zero-order valence-corrected chi connectivity index (χ0v) is 12.1. The normalized spacial score (nSPS) is 19.0. The molecule has 1 atom stereocenters. The third kappa shape index (κ3) is 2.23. The lowest BCUT2D eigenvalue weighted by atomic mass is 10.0. The van der Waals surface area contributed by atoms with Gasteiger partial charge in [0.1, 0.15) is 5.82 Å². The van der Waals surface area contributed by atoms with Gasteiger partial charge >= 0.3 is 5.97 Å². The fourth-order valence-corrected chi connectivity index (χ4v) is 4.53. The lowest BCUT2D eigenvalue weighted by Crippen LogP contribution is -2.29. The van der Waals surface area contributed by atoms with Crippen LogP contribution in [0.1, 0.15) is 18.0 Å². The number of carboxylic acid groups (broad SMARTS) is 1. The van der Waals surface area contributed by atoms with Crippen molar-refractivity contribution in [1.82, 2.24) is 0 Å². The average molecular weight is 321 g/mol. The van der Waals surface area contributed by atoms with E-state index >= 15 is 0 Å². The second kappa shape index (κ2) is 5.10. The smallest absolute Gasteiger partial charge is 0.305 e. The van der Waals surface area contributed by atoms with E-state index in [2.05, 4.69) is 0 Å². The number of para-hydroxylation sites is 1. The maximum absolute atomic E-state index is 13.5. The van der Waals surface area contributed by atoms with Gasteiger partial charge in [-0.2, -0.15) is 0 Å². The number of halogens is 1. The van der Waals surface area contributed by atoms with Crippen molar-refractivity contribution in [2.45, 2.75) is 17.4 Å². The second-order valence-corrected chi connectivity index (χ2v) is 6.72. The summed E-state index contributed by atoms with van der Waals surface area (Å²) in [5.74, 6) is -1.75. The topological polar surface area (TPSA) is 74.7 Å². The van der Waals surface area contributed by atoms with Crippen LogP contribution in [0.25, 0.3) is 0 Å². The minimum Gasteiger partial charge on any atom is -0.481 e. The molecular weight excluding hydrogens is 309 g/mol. The highest BCUT2D eigenvalue weighted by molar-refractivity contribution is 7.93. The van der Waals surface area contributed by atoms with Crippen LogP contribution >= 0.6 is 0 Å². The van der Waals surface area contributed by atoms with Crippen molar-refractivity contribution < 1.29 is 22.7 Å². The molecule has 1 aliphatic rings. The number of nitrogens with zero attached hydrogens (tertiary/aromatic N) is 1. The molecule has 2 aromatic rings. The second-order valence-electron chi connectivity index (χ2n) is 4.93. The van der Waals surface area contributed by atoms with Crippen LogP contribution in [0.4, 0.5) is 10.1 Å². The number of anilines is 1. The molecular formula is C15H12FNO4S. The molecule has 0 fully saturated rings. The molecule has 3 rings (SSSR count). The van der Waals surface area contributed by atoms with Gasteiger partial charge in [-0.3, -0.25) is 9.10 Å². The first-order valence-electron chi connectivity index (χ1n) is 6.52. The van der Waals surface area contributed by atoms with E-state index in [-0.39, 0.29) is 10.5 Å². The van der Waals surface area contributed by atoms with Gasteiger partial charge in [-0.05, 0) is 35.9 Å². The van der Waals surface area contributed by atoms with E-state index in [0.717, 1.165) is 16.4 Å². The predicted octanol–water partition coefficient (Wildman–Crippen LogP) is 2.55. The summed E-state index contributed by atoms with van der Waals surface area (Å²) >= 11 is 0. The Labute approximate surface area is 126 Å². The van der Waals surface area contributed by atoms with Crippen molar-refractivity contribution in [2.24, 2.45) is 0 Å². The number of hydrogen-bond acceptors (Lipinski definition) is 3. The molecule has 0 amide bonds. The number of rotatable bonds is 3. The molecule has 0 radical (unpaired) electrons. The lowest BCUT2D eigenvalue weighted by Gasteiger charge is -2.24. The maximum Gasteiger partial charge on any atom is 0.305 e. The average Bonchev–Trinajstić information content (AvgIpc) is 2.66. The Kier molecular flexibility index (Phi) is 3.37. The van der Waals surface area contributed by atoms with Crippen molar-refractivity contribution in [3.05, 3.63) is 59.9 Å². The largest absolute Gasteiger partial charge is 0.481 e. The zero-order valence-electron chi connectivity index (χ0n) is 11.3. The Bertz CT molecular complexity index is 836. The molecule has 0 aliphatic carbocycles. The van der Waals surface area contributed by atoms with Gasteiger partial charge in [-0.1, -0.05) is 18.2 Å².